The van der Waals surface area contributed by atoms with E-state index in [9.17, 15) is 19.5 Å². The van der Waals surface area contributed by atoms with Crippen LogP contribution in [-0.4, -0.2) is 29.7 Å². The second kappa shape index (κ2) is 7.17. The van der Waals surface area contributed by atoms with Gasteiger partial charge in [0.15, 0.2) is 17.3 Å². The van der Waals surface area contributed by atoms with Crippen LogP contribution in [0.3, 0.4) is 0 Å². The van der Waals surface area contributed by atoms with E-state index in [1.807, 2.05) is 30.3 Å². The molecule has 0 saturated carbocycles. The Balaban J connectivity index is 1.71. The van der Waals surface area contributed by atoms with Gasteiger partial charge in [-0.2, -0.15) is 0 Å². The summed E-state index contributed by atoms with van der Waals surface area (Å²) in [5, 5.41) is 10.8. The third kappa shape index (κ3) is 2.78. The Morgan fingerprint density at radius 2 is 1.77 bits per heavy atom. The number of aliphatic hydroxyl groups is 1. The van der Waals surface area contributed by atoms with Gasteiger partial charge in [-0.3, -0.25) is 19.3 Å². The topological polar surface area (TPSA) is 83.9 Å². The lowest BCUT2D eigenvalue weighted by atomic mass is 9.89. The number of fused-ring (bicyclic) bond motifs is 4. The Morgan fingerprint density at radius 1 is 1.03 bits per heavy atom. The van der Waals surface area contributed by atoms with Crippen LogP contribution in [-0.2, 0) is 20.7 Å². The highest BCUT2D eigenvalue weighted by atomic mass is 16.5. The second-order valence-electron chi connectivity index (χ2n) is 8.40. The summed E-state index contributed by atoms with van der Waals surface area (Å²) in [5.74, 6) is -1.86. The van der Waals surface area contributed by atoms with Crippen molar-refractivity contribution >= 4 is 23.2 Å². The largest absolute Gasteiger partial charge is 0.503 e. The van der Waals surface area contributed by atoms with Gasteiger partial charge in [0.25, 0.3) is 5.91 Å². The van der Waals surface area contributed by atoms with E-state index < -0.39 is 29.7 Å². The third-order valence-electron chi connectivity index (χ3n) is 6.71. The van der Waals surface area contributed by atoms with Crippen molar-refractivity contribution in [3.8, 4) is 0 Å². The van der Waals surface area contributed by atoms with Gasteiger partial charge in [-0.25, -0.2) is 0 Å². The molecule has 0 fully saturated rings. The van der Waals surface area contributed by atoms with Crippen molar-refractivity contribution in [2.75, 3.05) is 12.0 Å². The SMILES string of the molecule is COC1c2ccccc2C2C(=C(O)C(=O)N2c2ccc3c(c2)CCCC3=O)C(=O)C1C. The molecule has 2 aromatic rings. The standard InChI is InChI=1S/C25H23NO5/c1-13-22(28)20-21(17-7-3-4-8-18(17)24(13)31-2)26(25(30)23(20)29)15-10-11-16-14(12-15)6-5-9-19(16)27/h3-4,7-8,10-13,21,24,29H,5-6,9H2,1-2H3. The summed E-state index contributed by atoms with van der Waals surface area (Å²) in [6, 6.07) is 12.1. The van der Waals surface area contributed by atoms with Crippen molar-refractivity contribution in [1.82, 2.24) is 0 Å². The Hall–Kier alpha value is -3.25. The number of anilines is 1. The molecule has 0 spiro atoms. The first kappa shape index (κ1) is 19.7. The normalized spacial score (nSPS) is 25.3. The van der Waals surface area contributed by atoms with Crippen LogP contribution < -0.4 is 4.90 Å². The minimum atomic E-state index is -0.740. The number of Topliss-reactive ketones (excluding diaryl/α,β-unsaturated/α-hetero) is 2. The molecule has 3 aliphatic rings. The summed E-state index contributed by atoms with van der Waals surface area (Å²) >= 11 is 0. The molecule has 0 saturated heterocycles. The van der Waals surface area contributed by atoms with E-state index in [4.69, 9.17) is 4.74 Å². The zero-order valence-electron chi connectivity index (χ0n) is 17.4. The monoisotopic (exact) mass is 417 g/mol. The fourth-order valence-electron chi connectivity index (χ4n) is 5.20. The van der Waals surface area contributed by atoms with E-state index >= 15 is 0 Å². The lowest BCUT2D eigenvalue weighted by Crippen LogP contribution is -2.31. The molecule has 0 radical (unpaired) electrons. The maximum absolute atomic E-state index is 13.4. The number of carbonyl (C=O) groups is 3. The summed E-state index contributed by atoms with van der Waals surface area (Å²) in [6.45, 7) is 1.76. The molecule has 6 nitrogen and oxygen atoms in total. The highest BCUT2D eigenvalue weighted by molar-refractivity contribution is 6.17. The number of aliphatic hydroxyl groups excluding tert-OH is 1. The van der Waals surface area contributed by atoms with E-state index in [0.29, 0.717) is 17.7 Å². The Morgan fingerprint density at radius 3 is 2.52 bits per heavy atom. The van der Waals surface area contributed by atoms with E-state index in [1.165, 1.54) is 4.90 Å². The Bertz CT molecular complexity index is 1160. The number of aryl methyl sites for hydroxylation is 1. The summed E-state index contributed by atoms with van der Waals surface area (Å²) in [7, 11) is 1.56. The van der Waals surface area contributed by atoms with Crippen molar-refractivity contribution in [2.24, 2.45) is 5.92 Å². The van der Waals surface area contributed by atoms with E-state index in [2.05, 4.69) is 0 Å². The predicted octanol–water partition coefficient (Wildman–Crippen LogP) is 4.01. The number of amides is 1. The van der Waals surface area contributed by atoms with Crippen LogP contribution in [0.2, 0.25) is 0 Å². The molecule has 6 heteroatoms. The number of methoxy groups -OCH3 is 1. The minimum Gasteiger partial charge on any atom is -0.503 e. The zero-order valence-corrected chi connectivity index (χ0v) is 17.4. The number of ether oxygens (including phenoxy) is 1. The van der Waals surface area contributed by atoms with Crippen molar-refractivity contribution in [3.05, 3.63) is 76.1 Å². The van der Waals surface area contributed by atoms with Crippen molar-refractivity contribution in [3.63, 3.8) is 0 Å². The average molecular weight is 417 g/mol. The first-order valence-corrected chi connectivity index (χ1v) is 10.5. The molecular weight excluding hydrogens is 394 g/mol. The van der Waals surface area contributed by atoms with Crippen LogP contribution in [0.5, 0.6) is 0 Å². The number of hydrogen-bond acceptors (Lipinski definition) is 5. The number of hydrogen-bond donors (Lipinski definition) is 1. The molecule has 1 aliphatic heterocycles. The van der Waals surface area contributed by atoms with Gasteiger partial charge in [-0.05, 0) is 47.7 Å². The van der Waals surface area contributed by atoms with Gasteiger partial charge in [0.2, 0.25) is 0 Å². The molecular formula is C25H23NO5. The highest BCUT2D eigenvalue weighted by Crippen LogP contribution is 2.48. The van der Waals surface area contributed by atoms with Crippen LogP contribution in [0, 0.1) is 5.92 Å². The summed E-state index contributed by atoms with van der Waals surface area (Å²) < 4.78 is 5.67. The van der Waals surface area contributed by atoms with Crippen LogP contribution in [0.1, 0.15) is 59.0 Å². The van der Waals surface area contributed by atoms with Crippen molar-refractivity contribution < 1.29 is 24.2 Å². The molecule has 3 unspecified atom stereocenters. The summed E-state index contributed by atoms with van der Waals surface area (Å²) in [4.78, 5) is 40.3. The van der Waals surface area contributed by atoms with Gasteiger partial charge in [-0.15, -0.1) is 0 Å². The number of nitrogens with zero attached hydrogens (tertiary/aromatic N) is 1. The van der Waals surface area contributed by atoms with Crippen LogP contribution in [0.25, 0.3) is 0 Å². The maximum Gasteiger partial charge on any atom is 0.294 e. The summed E-state index contributed by atoms with van der Waals surface area (Å²) in [6.07, 6.45) is 1.58. The first-order valence-electron chi connectivity index (χ1n) is 10.5. The van der Waals surface area contributed by atoms with Gasteiger partial charge in [0.1, 0.15) is 0 Å². The number of carbonyl (C=O) groups excluding carboxylic acids is 3. The zero-order chi connectivity index (χ0) is 21.9. The Kier molecular flexibility index (Phi) is 4.55. The number of ketones is 2. The fraction of sp³-hybridized carbons (Fsp3) is 0.320. The van der Waals surface area contributed by atoms with Crippen LogP contribution >= 0.6 is 0 Å². The van der Waals surface area contributed by atoms with E-state index in [1.54, 1.807) is 26.2 Å². The molecule has 2 aromatic carbocycles. The minimum absolute atomic E-state index is 0.106. The first-order chi connectivity index (χ1) is 14.9. The van der Waals surface area contributed by atoms with Crippen LogP contribution in [0.4, 0.5) is 5.69 Å². The third-order valence-corrected chi connectivity index (χ3v) is 6.71. The molecule has 158 valence electrons. The average Bonchev–Trinajstić information content (AvgIpc) is 2.99. The van der Waals surface area contributed by atoms with Crippen molar-refractivity contribution in [1.29, 1.82) is 0 Å². The number of rotatable bonds is 2. The van der Waals surface area contributed by atoms with Crippen LogP contribution in [0.15, 0.2) is 53.8 Å². The molecule has 0 bridgehead atoms. The highest BCUT2D eigenvalue weighted by Gasteiger charge is 2.50. The van der Waals surface area contributed by atoms with Gasteiger partial charge < -0.3 is 9.84 Å². The molecule has 1 heterocycles. The van der Waals surface area contributed by atoms with Gasteiger partial charge >= 0.3 is 0 Å². The Labute approximate surface area is 180 Å². The molecule has 1 N–H and O–H groups in total. The smallest absolute Gasteiger partial charge is 0.294 e. The summed E-state index contributed by atoms with van der Waals surface area (Å²) in [5.41, 5.74) is 3.84. The molecule has 2 aliphatic carbocycles. The van der Waals surface area contributed by atoms with Gasteiger partial charge in [0, 0.05) is 30.7 Å². The maximum atomic E-state index is 13.4. The molecule has 31 heavy (non-hydrogen) atoms. The van der Waals surface area contributed by atoms with Gasteiger partial charge in [-0.1, -0.05) is 31.2 Å². The molecule has 0 aromatic heterocycles. The lowest BCUT2D eigenvalue weighted by molar-refractivity contribution is -0.123. The second-order valence-corrected chi connectivity index (χ2v) is 8.40. The number of benzene rings is 2. The molecule has 5 rings (SSSR count). The molecule has 1 amide bonds. The predicted molar refractivity (Wildman–Crippen MR) is 114 cm³/mol. The van der Waals surface area contributed by atoms with Gasteiger partial charge in [0.05, 0.1) is 17.7 Å². The molecule has 3 atom stereocenters. The van der Waals surface area contributed by atoms with Crippen molar-refractivity contribution in [2.45, 2.75) is 38.3 Å². The van der Waals surface area contributed by atoms with E-state index in [0.717, 1.165) is 29.5 Å². The lowest BCUT2D eigenvalue weighted by Gasteiger charge is -2.29. The quantitative estimate of drug-likeness (QED) is 0.798. The van der Waals surface area contributed by atoms with E-state index in [-0.39, 0.29) is 17.1 Å². The fourth-order valence-corrected chi connectivity index (χ4v) is 5.20.